The van der Waals surface area contributed by atoms with E-state index in [1.165, 1.54) is 22.5 Å². The number of hydrogen-bond donors (Lipinski definition) is 0. The van der Waals surface area contributed by atoms with Crippen molar-refractivity contribution in [1.29, 1.82) is 0 Å². The Kier molecular flexibility index (Phi) is 3.45. The van der Waals surface area contributed by atoms with Crippen molar-refractivity contribution in [3.63, 3.8) is 0 Å². The average Bonchev–Trinajstić information content (AvgIpc) is 2.46. The SMILES string of the molecule is Cc1ccc2c(c1)CCCN2S(=O)(=O)c1cccc(F)c1. The quantitative estimate of drug-likeness (QED) is 0.854. The van der Waals surface area contributed by atoms with E-state index in [-0.39, 0.29) is 4.90 Å². The lowest BCUT2D eigenvalue weighted by molar-refractivity contribution is 0.582. The molecule has 5 heteroatoms. The van der Waals surface area contributed by atoms with Gasteiger partial charge in [-0.05, 0) is 49.6 Å². The first-order valence-corrected chi connectivity index (χ1v) is 8.30. The molecule has 0 bridgehead atoms. The van der Waals surface area contributed by atoms with Crippen LogP contribution >= 0.6 is 0 Å². The molecule has 0 saturated heterocycles. The Morgan fingerprint density at radius 2 is 1.95 bits per heavy atom. The fourth-order valence-electron chi connectivity index (χ4n) is 2.70. The number of rotatable bonds is 2. The molecule has 0 N–H and O–H groups in total. The number of aryl methyl sites for hydroxylation is 2. The fraction of sp³-hybridized carbons (Fsp3) is 0.250. The molecule has 2 aromatic carbocycles. The van der Waals surface area contributed by atoms with Gasteiger partial charge in [-0.2, -0.15) is 0 Å². The van der Waals surface area contributed by atoms with E-state index in [0.717, 1.165) is 30.0 Å². The smallest absolute Gasteiger partial charge is 0.264 e. The van der Waals surface area contributed by atoms with Crippen LogP contribution in [0.4, 0.5) is 10.1 Å². The highest BCUT2D eigenvalue weighted by Gasteiger charge is 2.29. The maximum absolute atomic E-state index is 13.3. The first kappa shape index (κ1) is 14.1. The van der Waals surface area contributed by atoms with Gasteiger partial charge in [0.2, 0.25) is 0 Å². The van der Waals surface area contributed by atoms with Crippen molar-refractivity contribution in [2.75, 3.05) is 10.8 Å². The highest BCUT2D eigenvalue weighted by atomic mass is 32.2. The molecule has 21 heavy (non-hydrogen) atoms. The van der Waals surface area contributed by atoms with Gasteiger partial charge in [0, 0.05) is 6.54 Å². The van der Waals surface area contributed by atoms with E-state index in [9.17, 15) is 12.8 Å². The molecule has 3 rings (SSSR count). The van der Waals surface area contributed by atoms with E-state index < -0.39 is 15.8 Å². The summed E-state index contributed by atoms with van der Waals surface area (Å²) in [6, 6.07) is 10.9. The largest absolute Gasteiger partial charge is 0.266 e. The monoisotopic (exact) mass is 305 g/mol. The molecule has 0 amide bonds. The summed E-state index contributed by atoms with van der Waals surface area (Å²) in [4.78, 5) is -0.00377. The zero-order chi connectivity index (χ0) is 15.0. The molecule has 3 nitrogen and oxygen atoms in total. The van der Waals surface area contributed by atoms with Crippen LogP contribution in [0.3, 0.4) is 0 Å². The molecule has 0 aromatic heterocycles. The van der Waals surface area contributed by atoms with Gasteiger partial charge >= 0.3 is 0 Å². The van der Waals surface area contributed by atoms with Crippen molar-refractivity contribution < 1.29 is 12.8 Å². The van der Waals surface area contributed by atoms with E-state index in [0.29, 0.717) is 12.2 Å². The van der Waals surface area contributed by atoms with Crippen LogP contribution in [0.15, 0.2) is 47.4 Å². The molecule has 0 radical (unpaired) electrons. The Labute approximate surface area is 124 Å². The zero-order valence-corrected chi connectivity index (χ0v) is 12.5. The van der Waals surface area contributed by atoms with E-state index in [1.807, 2.05) is 25.1 Å². The zero-order valence-electron chi connectivity index (χ0n) is 11.7. The first-order chi connectivity index (χ1) is 9.98. The minimum absolute atomic E-state index is 0.00377. The van der Waals surface area contributed by atoms with Crippen molar-refractivity contribution in [1.82, 2.24) is 0 Å². The van der Waals surface area contributed by atoms with E-state index in [4.69, 9.17) is 0 Å². The van der Waals surface area contributed by atoms with E-state index in [1.54, 1.807) is 0 Å². The molecular weight excluding hydrogens is 289 g/mol. The third-order valence-electron chi connectivity index (χ3n) is 3.70. The summed E-state index contributed by atoms with van der Waals surface area (Å²) in [7, 11) is -3.72. The molecule has 1 aliphatic rings. The van der Waals surface area contributed by atoms with Crippen LogP contribution in [0.1, 0.15) is 17.5 Å². The topological polar surface area (TPSA) is 37.4 Å². The fourth-order valence-corrected chi connectivity index (χ4v) is 4.27. The number of nitrogens with zero attached hydrogens (tertiary/aromatic N) is 1. The van der Waals surface area contributed by atoms with Crippen LogP contribution in [-0.2, 0) is 16.4 Å². The summed E-state index contributed by atoms with van der Waals surface area (Å²) in [6.07, 6.45) is 1.64. The lowest BCUT2D eigenvalue weighted by Gasteiger charge is -2.30. The Balaban J connectivity index is 2.09. The highest BCUT2D eigenvalue weighted by molar-refractivity contribution is 7.92. The number of halogens is 1. The van der Waals surface area contributed by atoms with Crippen LogP contribution in [0.2, 0.25) is 0 Å². The van der Waals surface area contributed by atoms with Crippen LogP contribution in [0, 0.1) is 12.7 Å². The number of sulfonamides is 1. The van der Waals surface area contributed by atoms with Crippen LogP contribution in [0.25, 0.3) is 0 Å². The second kappa shape index (κ2) is 5.15. The predicted molar refractivity (Wildman–Crippen MR) is 80.4 cm³/mol. The molecule has 110 valence electrons. The molecule has 0 atom stereocenters. The molecule has 1 aliphatic heterocycles. The van der Waals surface area contributed by atoms with Gasteiger partial charge in [-0.15, -0.1) is 0 Å². The molecule has 0 aliphatic carbocycles. The van der Waals surface area contributed by atoms with Crippen molar-refractivity contribution >= 4 is 15.7 Å². The van der Waals surface area contributed by atoms with Crippen molar-refractivity contribution in [3.8, 4) is 0 Å². The molecule has 0 unspecified atom stereocenters. The summed E-state index contributed by atoms with van der Waals surface area (Å²) < 4.78 is 40.2. The van der Waals surface area contributed by atoms with Gasteiger partial charge in [0.1, 0.15) is 5.82 Å². The van der Waals surface area contributed by atoms with Crippen molar-refractivity contribution in [3.05, 3.63) is 59.4 Å². The van der Waals surface area contributed by atoms with Gasteiger partial charge < -0.3 is 0 Å². The maximum atomic E-state index is 13.3. The lowest BCUT2D eigenvalue weighted by Crippen LogP contribution is -2.35. The predicted octanol–water partition coefficient (Wildman–Crippen LogP) is 3.28. The van der Waals surface area contributed by atoms with Gasteiger partial charge in [0.05, 0.1) is 10.6 Å². The number of fused-ring (bicyclic) bond motifs is 1. The Hall–Kier alpha value is -1.88. The molecule has 1 heterocycles. The van der Waals surface area contributed by atoms with Crippen molar-refractivity contribution in [2.24, 2.45) is 0 Å². The third kappa shape index (κ3) is 2.53. The maximum Gasteiger partial charge on any atom is 0.264 e. The van der Waals surface area contributed by atoms with Gasteiger partial charge in [0.15, 0.2) is 0 Å². The van der Waals surface area contributed by atoms with Gasteiger partial charge in [-0.1, -0.05) is 23.8 Å². The van der Waals surface area contributed by atoms with Gasteiger partial charge in [0.25, 0.3) is 10.0 Å². The van der Waals surface area contributed by atoms with Crippen LogP contribution in [0.5, 0.6) is 0 Å². The minimum Gasteiger partial charge on any atom is -0.266 e. The number of benzene rings is 2. The Bertz CT molecular complexity index is 787. The Morgan fingerprint density at radius 1 is 1.14 bits per heavy atom. The molecular formula is C16H16FNO2S. The molecule has 2 aromatic rings. The molecule has 0 fully saturated rings. The summed E-state index contributed by atoms with van der Waals surface area (Å²) in [5.74, 6) is -0.544. The minimum atomic E-state index is -3.72. The molecule has 0 saturated carbocycles. The van der Waals surface area contributed by atoms with Crippen LogP contribution < -0.4 is 4.31 Å². The summed E-state index contributed by atoms with van der Waals surface area (Å²) in [5, 5.41) is 0. The normalized spacial score (nSPS) is 14.9. The van der Waals surface area contributed by atoms with E-state index >= 15 is 0 Å². The lowest BCUT2D eigenvalue weighted by atomic mass is 10.0. The third-order valence-corrected chi connectivity index (χ3v) is 5.50. The van der Waals surface area contributed by atoms with Gasteiger partial charge in [-0.3, -0.25) is 4.31 Å². The molecule has 0 spiro atoms. The van der Waals surface area contributed by atoms with Crippen molar-refractivity contribution in [2.45, 2.75) is 24.7 Å². The van der Waals surface area contributed by atoms with Gasteiger partial charge in [-0.25, -0.2) is 12.8 Å². The highest BCUT2D eigenvalue weighted by Crippen LogP contribution is 2.32. The van der Waals surface area contributed by atoms with E-state index in [2.05, 4.69) is 0 Å². The Morgan fingerprint density at radius 3 is 2.71 bits per heavy atom. The second-order valence-electron chi connectivity index (χ2n) is 5.27. The number of hydrogen-bond acceptors (Lipinski definition) is 2. The summed E-state index contributed by atoms with van der Waals surface area (Å²) in [6.45, 7) is 2.41. The number of anilines is 1. The van der Waals surface area contributed by atoms with Crippen LogP contribution in [-0.4, -0.2) is 15.0 Å². The first-order valence-electron chi connectivity index (χ1n) is 6.86. The standard InChI is InChI=1S/C16H16FNO2S/c1-12-7-8-16-13(10-12)4-3-9-18(16)21(19,20)15-6-2-5-14(17)11-15/h2,5-8,10-11H,3-4,9H2,1H3. The second-order valence-corrected chi connectivity index (χ2v) is 7.13. The average molecular weight is 305 g/mol. The summed E-state index contributed by atoms with van der Waals surface area (Å²) >= 11 is 0. The summed E-state index contributed by atoms with van der Waals surface area (Å²) in [5.41, 5.74) is 2.84.